The van der Waals surface area contributed by atoms with Crippen LogP contribution in [0.25, 0.3) is 22.1 Å². The number of nitrogen functional groups attached to an aromatic ring is 1. The Morgan fingerprint density at radius 3 is 2.88 bits per heavy atom. The normalized spacial score (nSPS) is 12.9. The van der Waals surface area contributed by atoms with Crippen molar-refractivity contribution < 1.29 is 9.84 Å². The molecule has 9 nitrogen and oxygen atoms in total. The third-order valence-corrected chi connectivity index (χ3v) is 5.52. The number of aryl methyl sites for hydroxylation is 1. The van der Waals surface area contributed by atoms with Crippen LogP contribution in [0.1, 0.15) is 38.3 Å². The zero-order valence-electron chi connectivity index (χ0n) is 18.2. The van der Waals surface area contributed by atoms with E-state index in [0.29, 0.717) is 36.9 Å². The molecule has 170 valence electrons. The molecule has 0 amide bonds. The number of ether oxygens (including phenoxy) is 1. The van der Waals surface area contributed by atoms with Crippen molar-refractivity contribution in [2.45, 2.75) is 52.2 Å². The number of nitrogens with two attached hydrogens (primary N) is 1. The molecule has 0 saturated carbocycles. The van der Waals surface area contributed by atoms with Crippen LogP contribution in [0.15, 0.2) is 36.8 Å². The fourth-order valence-electron chi connectivity index (χ4n) is 3.72. The summed E-state index contributed by atoms with van der Waals surface area (Å²) in [5, 5.41) is 14.4. The fraction of sp³-hybridized carbons (Fsp3) is 0.409. The Labute approximate surface area is 191 Å². The van der Waals surface area contributed by atoms with E-state index in [4.69, 9.17) is 22.1 Å². The van der Waals surface area contributed by atoms with E-state index in [1.165, 1.54) is 10.9 Å². The van der Waals surface area contributed by atoms with Crippen molar-refractivity contribution in [2.75, 3.05) is 12.3 Å². The Kier molecular flexibility index (Phi) is 6.90. The van der Waals surface area contributed by atoms with Crippen molar-refractivity contribution in [1.29, 1.82) is 0 Å². The number of imidazole rings is 1. The monoisotopic (exact) mass is 457 g/mol. The quantitative estimate of drug-likeness (QED) is 0.190. The molecule has 0 aliphatic heterocycles. The van der Waals surface area contributed by atoms with E-state index in [2.05, 4.69) is 69.1 Å². The zero-order chi connectivity index (χ0) is 22.7. The average Bonchev–Trinajstić information content (AvgIpc) is 3.36. The average molecular weight is 458 g/mol. The smallest absolute Gasteiger partial charge is 0.226 e. The molecule has 0 saturated heterocycles. The molecule has 0 radical (unpaired) electrons. The van der Waals surface area contributed by atoms with Gasteiger partial charge in [0.25, 0.3) is 0 Å². The highest BCUT2D eigenvalue weighted by atomic mass is 35.5. The molecule has 0 fully saturated rings. The number of fused-ring (bicyclic) bond motifs is 2. The second kappa shape index (κ2) is 9.83. The number of anilines is 1. The number of aliphatic hydroxyl groups is 1. The predicted octanol–water partition coefficient (Wildman–Crippen LogP) is 3.46. The summed E-state index contributed by atoms with van der Waals surface area (Å²) in [6.07, 6.45) is 4.35. The number of rotatable bonds is 10. The van der Waals surface area contributed by atoms with Crippen molar-refractivity contribution in [3.05, 3.63) is 47.6 Å². The van der Waals surface area contributed by atoms with Gasteiger partial charge in [0.05, 0.1) is 12.9 Å². The van der Waals surface area contributed by atoms with Crippen LogP contribution in [-0.4, -0.2) is 42.2 Å². The van der Waals surface area contributed by atoms with Gasteiger partial charge in [0.2, 0.25) is 11.7 Å². The van der Waals surface area contributed by atoms with Crippen LogP contribution in [0.4, 0.5) is 5.82 Å². The van der Waals surface area contributed by atoms with E-state index < -0.39 is 6.41 Å². The van der Waals surface area contributed by atoms with E-state index in [1.807, 2.05) is 4.57 Å². The third-order valence-electron chi connectivity index (χ3n) is 5.35. The third kappa shape index (κ3) is 5.02. The topological polar surface area (TPSA) is 116 Å². The number of hydrogen-bond acceptors (Lipinski definition) is 7. The first kappa shape index (κ1) is 22.5. The van der Waals surface area contributed by atoms with Gasteiger partial charge < -0.3 is 24.7 Å². The molecule has 1 unspecified atom stereocenters. The first-order valence-electron chi connectivity index (χ1n) is 10.7. The van der Waals surface area contributed by atoms with Gasteiger partial charge in [-0.2, -0.15) is 9.97 Å². The van der Waals surface area contributed by atoms with Gasteiger partial charge in [-0.25, -0.2) is 4.98 Å². The van der Waals surface area contributed by atoms with Gasteiger partial charge in [0.1, 0.15) is 5.52 Å². The molecule has 0 aliphatic rings. The largest absolute Gasteiger partial charge is 0.382 e. The summed E-state index contributed by atoms with van der Waals surface area (Å²) in [6, 6.07) is 8.85. The van der Waals surface area contributed by atoms with Crippen molar-refractivity contribution >= 4 is 39.5 Å². The molecule has 32 heavy (non-hydrogen) atoms. The number of nitrogens with zero attached hydrogens (tertiary/aromatic N) is 5. The predicted molar refractivity (Wildman–Crippen MR) is 125 cm³/mol. The molecule has 1 atom stereocenters. The van der Waals surface area contributed by atoms with E-state index in [-0.39, 0.29) is 11.1 Å². The van der Waals surface area contributed by atoms with E-state index >= 15 is 0 Å². The molecule has 1 aromatic carbocycles. The molecule has 3 heterocycles. The number of benzene rings is 1. The Morgan fingerprint density at radius 2 is 2.06 bits per heavy atom. The number of aromatic nitrogens is 5. The van der Waals surface area contributed by atoms with Crippen molar-refractivity contribution in [2.24, 2.45) is 0 Å². The van der Waals surface area contributed by atoms with Crippen molar-refractivity contribution in [1.82, 2.24) is 29.4 Å². The summed E-state index contributed by atoms with van der Waals surface area (Å²) in [4.78, 5) is 12.3. The lowest BCUT2D eigenvalue weighted by Gasteiger charge is -2.14. The minimum atomic E-state index is -1.02. The maximum atomic E-state index is 10.1. The second-order valence-corrected chi connectivity index (χ2v) is 8.35. The number of hydrogen-bond donors (Lipinski definition) is 3. The molecule has 4 aromatic rings. The summed E-state index contributed by atoms with van der Waals surface area (Å²) in [5.41, 5.74) is 9.29. The molecule has 10 heteroatoms. The Balaban J connectivity index is 1.20. The minimum absolute atomic E-state index is 0.103. The lowest BCUT2D eigenvalue weighted by molar-refractivity contribution is -0.122. The first-order valence-corrected chi connectivity index (χ1v) is 11.1. The van der Waals surface area contributed by atoms with E-state index in [9.17, 15) is 5.11 Å². The van der Waals surface area contributed by atoms with Gasteiger partial charge in [-0.05, 0) is 67.4 Å². The summed E-state index contributed by atoms with van der Waals surface area (Å²) in [6.45, 7) is 5.97. The van der Waals surface area contributed by atoms with Crippen LogP contribution in [0.5, 0.6) is 0 Å². The Morgan fingerprint density at radius 1 is 1.22 bits per heavy atom. The number of unbranched alkanes of at least 4 members (excludes halogenated alkanes) is 1. The summed E-state index contributed by atoms with van der Waals surface area (Å²) in [5.74, 6) is 0.271. The van der Waals surface area contributed by atoms with Crippen LogP contribution in [0, 0.1) is 0 Å². The van der Waals surface area contributed by atoms with Gasteiger partial charge in [0.15, 0.2) is 11.5 Å². The van der Waals surface area contributed by atoms with Crippen LogP contribution < -0.4 is 11.1 Å². The Hall–Kier alpha value is -2.72. The summed E-state index contributed by atoms with van der Waals surface area (Å²) in [7, 11) is 0. The van der Waals surface area contributed by atoms with Crippen LogP contribution >= 0.6 is 11.6 Å². The summed E-state index contributed by atoms with van der Waals surface area (Å²) >= 11 is 5.89. The van der Waals surface area contributed by atoms with Crippen molar-refractivity contribution in [3.63, 3.8) is 0 Å². The van der Waals surface area contributed by atoms with Crippen molar-refractivity contribution in [3.8, 4) is 0 Å². The molecule has 0 spiro atoms. The molecule has 4 N–H and O–H groups in total. The lowest BCUT2D eigenvalue weighted by Crippen LogP contribution is -2.31. The van der Waals surface area contributed by atoms with Crippen LogP contribution in [-0.2, 0) is 17.8 Å². The SMILES string of the molecule is CC(C)n1ccc2cc(CNC(O)OCCCCn3cnc4c(N)nc(Cl)nc43)ccc21. The highest BCUT2D eigenvalue weighted by Gasteiger charge is 2.11. The van der Waals surface area contributed by atoms with Gasteiger partial charge in [0, 0.05) is 30.8 Å². The molecule has 3 aromatic heterocycles. The molecular formula is C22H28ClN7O2. The maximum absolute atomic E-state index is 10.1. The van der Waals surface area contributed by atoms with Gasteiger partial charge >= 0.3 is 0 Å². The summed E-state index contributed by atoms with van der Waals surface area (Å²) < 4.78 is 9.61. The molecule has 4 rings (SSSR count). The van der Waals surface area contributed by atoms with Gasteiger partial charge in [-0.3, -0.25) is 5.32 Å². The Bertz CT molecular complexity index is 1200. The molecule has 0 aliphatic carbocycles. The highest BCUT2D eigenvalue weighted by molar-refractivity contribution is 6.28. The number of nitrogens with one attached hydrogen (secondary N) is 1. The van der Waals surface area contributed by atoms with Crippen LogP contribution in [0.2, 0.25) is 5.28 Å². The molecule has 0 bridgehead atoms. The number of halogens is 1. The van der Waals surface area contributed by atoms with Gasteiger partial charge in [-0.1, -0.05) is 6.07 Å². The lowest BCUT2D eigenvalue weighted by atomic mass is 10.1. The first-order chi connectivity index (χ1) is 15.4. The van der Waals surface area contributed by atoms with E-state index in [0.717, 1.165) is 18.4 Å². The van der Waals surface area contributed by atoms with Gasteiger partial charge in [-0.15, -0.1) is 0 Å². The van der Waals surface area contributed by atoms with E-state index in [1.54, 1.807) is 6.33 Å². The van der Waals surface area contributed by atoms with Crippen LogP contribution in [0.3, 0.4) is 0 Å². The highest BCUT2D eigenvalue weighted by Crippen LogP contribution is 2.21. The fourth-order valence-corrected chi connectivity index (χ4v) is 3.89. The standard InChI is InChI=1S/C22H28ClN7O2/c1-14(2)30-9-7-16-11-15(5-6-17(16)30)12-25-22(31)32-10-4-3-8-29-13-26-18-19(24)27-21(23)28-20(18)29/h5-7,9,11,13-14,22,25,31H,3-4,8,10,12H2,1-2H3,(H2,24,27,28). The molecular weight excluding hydrogens is 430 g/mol. The zero-order valence-corrected chi connectivity index (χ0v) is 19.0. The minimum Gasteiger partial charge on any atom is -0.382 e. The maximum Gasteiger partial charge on any atom is 0.226 e. The second-order valence-electron chi connectivity index (χ2n) is 8.01. The number of aliphatic hydroxyl groups excluding tert-OH is 1.